The molecule has 1 rings (SSSR count). The zero-order valence-corrected chi connectivity index (χ0v) is 11.0. The highest BCUT2D eigenvalue weighted by Crippen LogP contribution is 2.28. The van der Waals surface area contributed by atoms with Crippen LogP contribution < -0.4 is 10.5 Å². The Bertz CT molecular complexity index is 350. The van der Waals surface area contributed by atoms with Crippen molar-refractivity contribution < 1.29 is 4.74 Å². The van der Waals surface area contributed by atoms with E-state index in [1.807, 2.05) is 19.9 Å². The summed E-state index contributed by atoms with van der Waals surface area (Å²) in [7, 11) is 0. The van der Waals surface area contributed by atoms with Crippen LogP contribution in [0.15, 0.2) is 18.2 Å². The maximum Gasteiger partial charge on any atom is 0.124 e. The minimum atomic E-state index is 0.153. The topological polar surface area (TPSA) is 35.2 Å². The average Bonchev–Trinajstić information content (AvgIpc) is 2.15. The molecule has 0 unspecified atom stereocenters. The second-order valence-corrected chi connectivity index (χ2v) is 5.44. The van der Waals surface area contributed by atoms with Crippen LogP contribution in [0.3, 0.4) is 0 Å². The van der Waals surface area contributed by atoms with E-state index in [1.54, 1.807) is 0 Å². The fraction of sp³-hybridized carbons (Fsp3) is 0.571. The van der Waals surface area contributed by atoms with E-state index in [4.69, 9.17) is 10.5 Å². The summed E-state index contributed by atoms with van der Waals surface area (Å²) < 4.78 is 5.72. The lowest BCUT2D eigenvalue weighted by Gasteiger charge is -2.21. The van der Waals surface area contributed by atoms with Crippen LogP contribution >= 0.6 is 0 Å². The number of rotatable bonds is 3. The van der Waals surface area contributed by atoms with Gasteiger partial charge in [0, 0.05) is 12.1 Å². The summed E-state index contributed by atoms with van der Waals surface area (Å²) in [6, 6.07) is 6.30. The van der Waals surface area contributed by atoms with Crippen molar-refractivity contribution in [3.8, 4) is 5.75 Å². The SMILES string of the molecule is CC(C)Oc1ccc(C(C)(C)C)cc1CN. The van der Waals surface area contributed by atoms with Gasteiger partial charge in [-0.05, 0) is 30.9 Å². The van der Waals surface area contributed by atoms with E-state index >= 15 is 0 Å². The molecule has 90 valence electrons. The van der Waals surface area contributed by atoms with E-state index in [0.29, 0.717) is 6.54 Å². The van der Waals surface area contributed by atoms with Gasteiger partial charge in [0.15, 0.2) is 0 Å². The molecule has 0 radical (unpaired) electrons. The number of benzene rings is 1. The third kappa shape index (κ3) is 3.24. The molecule has 2 nitrogen and oxygen atoms in total. The molecule has 1 aromatic rings. The highest BCUT2D eigenvalue weighted by molar-refractivity contribution is 5.39. The van der Waals surface area contributed by atoms with Gasteiger partial charge in [0.2, 0.25) is 0 Å². The summed E-state index contributed by atoms with van der Waals surface area (Å²) in [5.74, 6) is 0.908. The predicted octanol–water partition coefficient (Wildman–Crippen LogP) is 3.23. The first-order valence-corrected chi connectivity index (χ1v) is 5.84. The number of nitrogens with two attached hydrogens (primary N) is 1. The minimum absolute atomic E-state index is 0.153. The van der Waals surface area contributed by atoms with Crippen molar-refractivity contribution in [2.45, 2.75) is 52.7 Å². The van der Waals surface area contributed by atoms with Crippen LogP contribution in [0.1, 0.15) is 45.7 Å². The Hall–Kier alpha value is -1.02. The molecular formula is C14H23NO. The van der Waals surface area contributed by atoms with Gasteiger partial charge in [0.05, 0.1) is 6.10 Å². The lowest BCUT2D eigenvalue weighted by molar-refractivity contribution is 0.240. The van der Waals surface area contributed by atoms with Gasteiger partial charge >= 0.3 is 0 Å². The van der Waals surface area contributed by atoms with Crippen LogP contribution in [-0.4, -0.2) is 6.10 Å². The normalized spacial score (nSPS) is 11.9. The van der Waals surface area contributed by atoms with Crippen molar-refractivity contribution >= 4 is 0 Å². The molecule has 0 amide bonds. The Morgan fingerprint density at radius 3 is 2.31 bits per heavy atom. The molecule has 2 N–H and O–H groups in total. The highest BCUT2D eigenvalue weighted by atomic mass is 16.5. The summed E-state index contributed by atoms with van der Waals surface area (Å²) in [5.41, 5.74) is 8.29. The molecule has 0 saturated carbocycles. The Kier molecular flexibility index (Phi) is 3.98. The Morgan fingerprint density at radius 1 is 1.25 bits per heavy atom. The second-order valence-electron chi connectivity index (χ2n) is 5.44. The van der Waals surface area contributed by atoms with E-state index in [0.717, 1.165) is 11.3 Å². The molecule has 0 aliphatic heterocycles. The predicted molar refractivity (Wildman–Crippen MR) is 68.8 cm³/mol. The van der Waals surface area contributed by atoms with Crippen molar-refractivity contribution in [3.63, 3.8) is 0 Å². The van der Waals surface area contributed by atoms with E-state index in [2.05, 4.69) is 32.9 Å². The first-order chi connectivity index (χ1) is 7.34. The van der Waals surface area contributed by atoms with Crippen molar-refractivity contribution in [3.05, 3.63) is 29.3 Å². The molecule has 0 saturated heterocycles. The van der Waals surface area contributed by atoms with E-state index in [9.17, 15) is 0 Å². The number of ether oxygens (including phenoxy) is 1. The van der Waals surface area contributed by atoms with Gasteiger partial charge in [-0.25, -0.2) is 0 Å². The summed E-state index contributed by atoms with van der Waals surface area (Å²) in [6.07, 6.45) is 0.186. The first-order valence-electron chi connectivity index (χ1n) is 5.84. The smallest absolute Gasteiger partial charge is 0.124 e. The van der Waals surface area contributed by atoms with Crippen molar-refractivity contribution in [1.82, 2.24) is 0 Å². The summed E-state index contributed by atoms with van der Waals surface area (Å²) >= 11 is 0. The van der Waals surface area contributed by atoms with Gasteiger partial charge in [0.1, 0.15) is 5.75 Å². The molecule has 0 atom stereocenters. The maximum atomic E-state index is 5.76. The molecule has 0 aliphatic rings. The Morgan fingerprint density at radius 2 is 1.88 bits per heavy atom. The number of hydrogen-bond acceptors (Lipinski definition) is 2. The van der Waals surface area contributed by atoms with Gasteiger partial charge < -0.3 is 10.5 Å². The third-order valence-corrected chi connectivity index (χ3v) is 2.51. The fourth-order valence-electron chi connectivity index (χ4n) is 1.57. The van der Waals surface area contributed by atoms with Crippen LogP contribution in [0, 0.1) is 0 Å². The first kappa shape index (κ1) is 13.0. The molecule has 0 bridgehead atoms. The van der Waals surface area contributed by atoms with Crippen LogP contribution in [0.25, 0.3) is 0 Å². The lowest BCUT2D eigenvalue weighted by atomic mass is 9.86. The second kappa shape index (κ2) is 4.88. The molecule has 0 heterocycles. The van der Waals surface area contributed by atoms with Crippen molar-refractivity contribution in [2.24, 2.45) is 5.73 Å². The molecule has 16 heavy (non-hydrogen) atoms. The minimum Gasteiger partial charge on any atom is -0.491 e. The van der Waals surface area contributed by atoms with Crippen LogP contribution in [0.5, 0.6) is 5.75 Å². The van der Waals surface area contributed by atoms with Gasteiger partial charge in [-0.3, -0.25) is 0 Å². The largest absolute Gasteiger partial charge is 0.491 e. The monoisotopic (exact) mass is 221 g/mol. The average molecular weight is 221 g/mol. The van der Waals surface area contributed by atoms with E-state index in [-0.39, 0.29) is 11.5 Å². The fourth-order valence-corrected chi connectivity index (χ4v) is 1.57. The molecule has 2 heteroatoms. The zero-order chi connectivity index (χ0) is 12.3. The molecule has 0 spiro atoms. The van der Waals surface area contributed by atoms with Gasteiger partial charge in [0.25, 0.3) is 0 Å². The maximum absolute atomic E-state index is 5.76. The van der Waals surface area contributed by atoms with Crippen molar-refractivity contribution in [2.75, 3.05) is 0 Å². The number of hydrogen-bond donors (Lipinski definition) is 1. The zero-order valence-electron chi connectivity index (χ0n) is 11.0. The molecule has 0 aromatic heterocycles. The Balaban J connectivity index is 3.07. The molecular weight excluding hydrogens is 198 g/mol. The van der Waals surface area contributed by atoms with Crippen LogP contribution in [-0.2, 0) is 12.0 Å². The quantitative estimate of drug-likeness (QED) is 0.850. The molecule has 1 aromatic carbocycles. The summed E-state index contributed by atoms with van der Waals surface area (Å²) in [6.45, 7) is 11.2. The molecule has 0 aliphatic carbocycles. The van der Waals surface area contributed by atoms with E-state index in [1.165, 1.54) is 5.56 Å². The van der Waals surface area contributed by atoms with Crippen molar-refractivity contribution in [1.29, 1.82) is 0 Å². The third-order valence-electron chi connectivity index (χ3n) is 2.51. The highest BCUT2D eigenvalue weighted by Gasteiger charge is 2.15. The summed E-state index contributed by atoms with van der Waals surface area (Å²) in [4.78, 5) is 0. The Labute approximate surface area is 98.8 Å². The van der Waals surface area contributed by atoms with Gasteiger partial charge in [-0.2, -0.15) is 0 Å². The standard InChI is InChI=1S/C14H23NO/c1-10(2)16-13-7-6-12(14(3,4)5)8-11(13)9-15/h6-8,10H,9,15H2,1-5H3. The van der Waals surface area contributed by atoms with Gasteiger partial charge in [-0.15, -0.1) is 0 Å². The van der Waals surface area contributed by atoms with Crippen LogP contribution in [0.4, 0.5) is 0 Å². The molecule has 0 fully saturated rings. The lowest BCUT2D eigenvalue weighted by Crippen LogP contribution is -2.14. The van der Waals surface area contributed by atoms with E-state index < -0.39 is 0 Å². The van der Waals surface area contributed by atoms with Gasteiger partial charge in [-0.1, -0.05) is 32.9 Å². The summed E-state index contributed by atoms with van der Waals surface area (Å²) in [5, 5.41) is 0. The van der Waals surface area contributed by atoms with Crippen LogP contribution in [0.2, 0.25) is 0 Å².